The van der Waals surface area contributed by atoms with Crippen LogP contribution in [0.3, 0.4) is 0 Å². The van der Waals surface area contributed by atoms with Crippen LogP contribution < -0.4 is 0 Å². The molecule has 3 aromatic rings. The van der Waals surface area contributed by atoms with Crippen LogP contribution in [0.5, 0.6) is 0 Å². The zero-order valence-electron chi connectivity index (χ0n) is 15.4. The largest absolute Gasteiger partial charge is 0.451 e. The molecule has 0 saturated carbocycles. The average molecular weight is 388 g/mol. The van der Waals surface area contributed by atoms with E-state index in [1.807, 2.05) is 0 Å². The molecule has 1 N–H and O–H groups in total. The third-order valence-electron chi connectivity index (χ3n) is 4.50. The quantitative estimate of drug-likeness (QED) is 0.511. The van der Waals surface area contributed by atoms with E-state index < -0.39 is 18.4 Å². The molecular formula is C20H18ClNO5. The van der Waals surface area contributed by atoms with Crippen LogP contribution in [0.25, 0.3) is 11.0 Å². The summed E-state index contributed by atoms with van der Waals surface area (Å²) in [5.74, 6) is -1.30. The first-order chi connectivity index (χ1) is 12.7. The Morgan fingerprint density at radius 3 is 2.44 bits per heavy atom. The highest BCUT2D eigenvalue weighted by Crippen LogP contribution is 2.31. The van der Waals surface area contributed by atoms with E-state index in [1.54, 1.807) is 39.0 Å². The Balaban J connectivity index is 1.80. The van der Waals surface area contributed by atoms with E-state index in [9.17, 15) is 14.4 Å². The van der Waals surface area contributed by atoms with E-state index in [4.69, 9.17) is 20.8 Å². The van der Waals surface area contributed by atoms with Gasteiger partial charge in [0.05, 0.1) is 10.7 Å². The van der Waals surface area contributed by atoms with Crippen molar-refractivity contribution in [2.24, 2.45) is 0 Å². The predicted molar refractivity (Wildman–Crippen MR) is 101 cm³/mol. The minimum atomic E-state index is -0.749. The first kappa shape index (κ1) is 18.9. The van der Waals surface area contributed by atoms with Crippen molar-refractivity contribution >= 4 is 40.1 Å². The maximum Gasteiger partial charge on any atom is 0.375 e. The summed E-state index contributed by atoms with van der Waals surface area (Å²) < 4.78 is 10.7. The Hall–Kier alpha value is -2.86. The number of ether oxygens (including phenoxy) is 1. The van der Waals surface area contributed by atoms with Gasteiger partial charge in [-0.3, -0.25) is 9.59 Å². The van der Waals surface area contributed by atoms with Gasteiger partial charge >= 0.3 is 5.97 Å². The van der Waals surface area contributed by atoms with Crippen molar-refractivity contribution in [3.63, 3.8) is 0 Å². The van der Waals surface area contributed by atoms with Gasteiger partial charge in [0.1, 0.15) is 0 Å². The maximum absolute atomic E-state index is 12.4. The number of para-hydroxylation sites is 1. The monoisotopic (exact) mass is 387 g/mol. The van der Waals surface area contributed by atoms with Gasteiger partial charge in [0.25, 0.3) is 0 Å². The van der Waals surface area contributed by atoms with Crippen molar-refractivity contribution in [2.75, 3.05) is 6.61 Å². The summed E-state index contributed by atoms with van der Waals surface area (Å²) in [5, 5.41) is 1.10. The van der Waals surface area contributed by atoms with Crippen LogP contribution in [-0.2, 0) is 4.74 Å². The number of halogens is 1. The smallest absolute Gasteiger partial charge is 0.375 e. The zero-order valence-corrected chi connectivity index (χ0v) is 16.1. The molecule has 140 valence electrons. The molecule has 0 spiro atoms. The van der Waals surface area contributed by atoms with Crippen LogP contribution in [-0.4, -0.2) is 29.1 Å². The summed E-state index contributed by atoms with van der Waals surface area (Å²) in [5.41, 5.74) is 2.89. The lowest BCUT2D eigenvalue weighted by molar-refractivity contribution is 0.0444. The molecule has 0 saturated heterocycles. The van der Waals surface area contributed by atoms with Gasteiger partial charge in [-0.1, -0.05) is 23.7 Å². The number of furan rings is 1. The van der Waals surface area contributed by atoms with Crippen LogP contribution >= 0.6 is 11.6 Å². The molecule has 6 nitrogen and oxygen atoms in total. The van der Waals surface area contributed by atoms with Crippen molar-refractivity contribution in [1.29, 1.82) is 0 Å². The summed E-state index contributed by atoms with van der Waals surface area (Å²) in [6, 6.07) is 5.21. The van der Waals surface area contributed by atoms with E-state index in [0.717, 1.165) is 0 Å². The number of carbonyl (C=O) groups is 3. The van der Waals surface area contributed by atoms with Crippen LogP contribution in [0.2, 0.25) is 5.02 Å². The Kier molecular flexibility index (Phi) is 4.93. The summed E-state index contributed by atoms with van der Waals surface area (Å²) in [6.07, 6.45) is 0. The van der Waals surface area contributed by atoms with Crippen LogP contribution in [0.15, 0.2) is 22.6 Å². The minimum Gasteiger partial charge on any atom is -0.451 e. The molecule has 0 atom stereocenters. The predicted octanol–water partition coefficient (Wildman–Crippen LogP) is 4.58. The number of hydrogen-bond donors (Lipinski definition) is 1. The lowest BCUT2D eigenvalue weighted by Gasteiger charge is -2.03. The molecule has 0 radical (unpaired) electrons. The molecule has 1 aromatic carbocycles. The van der Waals surface area contributed by atoms with Gasteiger partial charge in [-0.2, -0.15) is 0 Å². The third kappa shape index (κ3) is 3.28. The van der Waals surface area contributed by atoms with Gasteiger partial charge in [0, 0.05) is 22.2 Å². The van der Waals surface area contributed by atoms with Crippen LogP contribution in [0.4, 0.5) is 0 Å². The van der Waals surface area contributed by atoms with Crippen molar-refractivity contribution in [2.45, 2.75) is 27.7 Å². The molecule has 0 fully saturated rings. The van der Waals surface area contributed by atoms with Crippen molar-refractivity contribution < 1.29 is 23.5 Å². The molecule has 0 aliphatic rings. The lowest BCUT2D eigenvalue weighted by Crippen LogP contribution is -2.15. The number of aromatic amines is 1. The number of Topliss-reactive ketones (excluding diaryl/α,β-unsaturated/α-hetero) is 2. The fourth-order valence-corrected chi connectivity index (χ4v) is 3.44. The molecule has 27 heavy (non-hydrogen) atoms. The van der Waals surface area contributed by atoms with Gasteiger partial charge in [-0.05, 0) is 39.3 Å². The number of rotatable bonds is 5. The van der Waals surface area contributed by atoms with Gasteiger partial charge in [0.15, 0.2) is 18.0 Å². The molecule has 0 bridgehead atoms. The molecule has 0 aliphatic carbocycles. The topological polar surface area (TPSA) is 89.4 Å². The highest BCUT2D eigenvalue weighted by atomic mass is 35.5. The Labute approximate surface area is 160 Å². The number of carbonyl (C=O) groups excluding carboxylic acids is 3. The third-order valence-corrected chi connectivity index (χ3v) is 4.80. The number of nitrogens with one attached hydrogen (secondary N) is 1. The van der Waals surface area contributed by atoms with E-state index in [0.29, 0.717) is 38.4 Å². The lowest BCUT2D eigenvalue weighted by atomic mass is 10.1. The van der Waals surface area contributed by atoms with Gasteiger partial charge < -0.3 is 14.1 Å². The summed E-state index contributed by atoms with van der Waals surface area (Å²) in [4.78, 5) is 39.4. The van der Waals surface area contributed by atoms with Gasteiger partial charge in [0.2, 0.25) is 11.5 Å². The Morgan fingerprint density at radius 2 is 1.85 bits per heavy atom. The number of aromatic nitrogens is 1. The standard InChI is InChI=1S/C20H18ClNO5/c1-9-13-6-5-7-14(21)19(13)27-18(9)20(25)26-8-15(24)17-10(2)16(12(4)23)11(3)22-17/h5-7,22H,8H2,1-4H3. The zero-order chi connectivity index (χ0) is 19.9. The van der Waals surface area contributed by atoms with E-state index in [-0.39, 0.29) is 17.2 Å². The van der Waals surface area contributed by atoms with E-state index in [2.05, 4.69) is 4.98 Å². The number of ketones is 2. The number of benzene rings is 1. The fourth-order valence-electron chi connectivity index (χ4n) is 3.23. The first-order valence-electron chi connectivity index (χ1n) is 8.30. The normalized spacial score (nSPS) is 11.0. The highest BCUT2D eigenvalue weighted by Gasteiger charge is 2.24. The summed E-state index contributed by atoms with van der Waals surface area (Å²) in [6.45, 7) is 6.08. The van der Waals surface area contributed by atoms with Crippen molar-refractivity contribution in [3.8, 4) is 0 Å². The van der Waals surface area contributed by atoms with E-state index >= 15 is 0 Å². The molecule has 3 rings (SSSR count). The number of H-pyrrole nitrogens is 1. The Morgan fingerprint density at radius 1 is 1.15 bits per heavy atom. The van der Waals surface area contributed by atoms with Crippen LogP contribution in [0.1, 0.15) is 55.1 Å². The SMILES string of the molecule is CC(=O)c1c(C)[nH]c(C(=O)COC(=O)c2oc3c(Cl)cccc3c2C)c1C. The maximum atomic E-state index is 12.4. The molecule has 7 heteroatoms. The molecular weight excluding hydrogens is 370 g/mol. The molecule has 0 amide bonds. The second-order valence-corrected chi connectivity index (χ2v) is 6.76. The average Bonchev–Trinajstić information content (AvgIpc) is 3.10. The van der Waals surface area contributed by atoms with Crippen molar-refractivity contribution in [1.82, 2.24) is 4.98 Å². The molecule has 0 aliphatic heterocycles. The summed E-state index contributed by atoms with van der Waals surface area (Å²) in [7, 11) is 0. The highest BCUT2D eigenvalue weighted by molar-refractivity contribution is 6.35. The van der Waals surface area contributed by atoms with Gasteiger partial charge in [-0.15, -0.1) is 0 Å². The number of esters is 1. The second kappa shape index (κ2) is 7.04. The number of aryl methyl sites for hydroxylation is 2. The Bertz CT molecular complexity index is 1090. The van der Waals surface area contributed by atoms with Gasteiger partial charge in [-0.25, -0.2) is 4.79 Å². The van der Waals surface area contributed by atoms with Crippen molar-refractivity contribution in [3.05, 3.63) is 57.1 Å². The van der Waals surface area contributed by atoms with Crippen LogP contribution in [0, 0.1) is 20.8 Å². The first-order valence-corrected chi connectivity index (χ1v) is 8.68. The minimum absolute atomic E-state index is 0.00899. The molecule has 0 unspecified atom stereocenters. The number of hydrogen-bond acceptors (Lipinski definition) is 5. The summed E-state index contributed by atoms with van der Waals surface area (Å²) >= 11 is 6.08. The number of fused-ring (bicyclic) bond motifs is 1. The molecule has 2 heterocycles. The second-order valence-electron chi connectivity index (χ2n) is 6.35. The van der Waals surface area contributed by atoms with E-state index in [1.165, 1.54) is 6.92 Å². The molecule has 2 aromatic heterocycles. The fraction of sp³-hybridized carbons (Fsp3) is 0.250.